The monoisotopic (exact) mass is 736 g/mol. The Hall–Kier alpha value is -7.68. The topological polar surface area (TPSA) is 9.86 Å². The SMILES string of the molecule is c1ccc(-n2c3ccccc3c3cc(-c4ccc5c(c4)c4ccccc4n5-c4cc(-c5cccc6ccccc56)cc(-c5cccc6ccccc56)c4)ccc32)cc1. The molecular weight excluding hydrogens is 701 g/mol. The van der Waals surface area contributed by atoms with Gasteiger partial charge in [-0.2, -0.15) is 0 Å². The van der Waals surface area contributed by atoms with Crippen molar-refractivity contribution in [2.45, 2.75) is 0 Å². The number of nitrogens with zero attached hydrogens (tertiary/aromatic N) is 2. The number of benzene rings is 10. The average molecular weight is 737 g/mol. The van der Waals surface area contributed by atoms with Gasteiger partial charge in [-0.05, 0) is 122 Å². The van der Waals surface area contributed by atoms with Crippen LogP contribution in [0.25, 0.3) is 110 Å². The molecule has 0 bridgehead atoms. The number of rotatable bonds is 5. The van der Waals surface area contributed by atoms with Gasteiger partial charge in [-0.1, -0.05) is 152 Å². The second kappa shape index (κ2) is 12.9. The minimum absolute atomic E-state index is 1.14. The molecule has 0 spiro atoms. The van der Waals surface area contributed by atoms with Gasteiger partial charge in [-0.15, -0.1) is 0 Å². The predicted molar refractivity (Wildman–Crippen MR) is 246 cm³/mol. The lowest BCUT2D eigenvalue weighted by atomic mass is 9.92. The molecule has 12 rings (SSSR count). The summed E-state index contributed by atoms with van der Waals surface area (Å²) in [6.45, 7) is 0. The molecule has 0 atom stereocenters. The molecule has 12 aromatic rings. The highest BCUT2D eigenvalue weighted by molar-refractivity contribution is 6.13. The smallest absolute Gasteiger partial charge is 0.0541 e. The predicted octanol–water partition coefficient (Wildman–Crippen LogP) is 15.2. The van der Waals surface area contributed by atoms with Gasteiger partial charge in [0.25, 0.3) is 0 Å². The molecule has 2 nitrogen and oxygen atoms in total. The van der Waals surface area contributed by atoms with Crippen molar-refractivity contribution in [2.24, 2.45) is 0 Å². The Balaban J connectivity index is 1.08. The van der Waals surface area contributed by atoms with E-state index in [0.717, 1.165) is 5.69 Å². The maximum atomic E-state index is 2.47. The van der Waals surface area contributed by atoms with E-state index in [-0.39, 0.29) is 0 Å². The summed E-state index contributed by atoms with van der Waals surface area (Å²) in [6.07, 6.45) is 0. The molecule has 0 amide bonds. The van der Waals surface area contributed by atoms with Gasteiger partial charge < -0.3 is 9.13 Å². The number of fused-ring (bicyclic) bond motifs is 8. The van der Waals surface area contributed by atoms with Crippen molar-refractivity contribution in [1.29, 1.82) is 0 Å². The van der Waals surface area contributed by atoms with Crippen LogP contribution in [0.1, 0.15) is 0 Å². The Morgan fingerprint density at radius 3 is 1.17 bits per heavy atom. The molecule has 0 saturated carbocycles. The fourth-order valence-corrected chi connectivity index (χ4v) is 9.44. The van der Waals surface area contributed by atoms with Crippen LogP contribution in [0.3, 0.4) is 0 Å². The van der Waals surface area contributed by atoms with Crippen LogP contribution in [0.4, 0.5) is 0 Å². The summed E-state index contributed by atoms with van der Waals surface area (Å²) < 4.78 is 4.85. The highest BCUT2D eigenvalue weighted by Gasteiger charge is 2.18. The van der Waals surface area contributed by atoms with Gasteiger partial charge in [0, 0.05) is 32.9 Å². The standard InChI is InChI=1S/C56H36N2/c1-2-18-43(19-3-1)57-53-26-10-8-22-49(53)51-35-39(28-30-55(51)57)40-29-31-56-52(36-40)50-23-9-11-27-54(50)58(56)44-33-41(47-24-12-16-37-14-4-6-20-45(37)47)32-42(34-44)48-25-13-17-38-15-5-7-21-46(38)48/h1-36H. The number of aromatic nitrogens is 2. The largest absolute Gasteiger partial charge is 0.309 e. The zero-order valence-corrected chi connectivity index (χ0v) is 31.7. The van der Waals surface area contributed by atoms with Crippen molar-refractivity contribution in [3.63, 3.8) is 0 Å². The Morgan fingerprint density at radius 1 is 0.224 bits per heavy atom. The molecule has 0 unspecified atom stereocenters. The molecule has 0 N–H and O–H groups in total. The maximum absolute atomic E-state index is 2.47. The Labute approximate surface area is 336 Å². The van der Waals surface area contributed by atoms with Gasteiger partial charge in [0.2, 0.25) is 0 Å². The van der Waals surface area contributed by atoms with E-state index in [9.17, 15) is 0 Å². The third-order valence-corrected chi connectivity index (χ3v) is 12.1. The first-order valence-corrected chi connectivity index (χ1v) is 20.0. The molecule has 0 aliphatic heterocycles. The summed E-state index contributed by atoms with van der Waals surface area (Å²) in [5.41, 5.74) is 14.4. The molecule has 2 heteroatoms. The van der Waals surface area contributed by atoms with Crippen LogP contribution >= 0.6 is 0 Å². The average Bonchev–Trinajstić information content (AvgIpc) is 3.81. The molecule has 10 aromatic carbocycles. The maximum Gasteiger partial charge on any atom is 0.0541 e. The van der Waals surface area contributed by atoms with Crippen LogP contribution in [-0.4, -0.2) is 9.13 Å². The summed E-state index contributed by atoms with van der Waals surface area (Å²) in [4.78, 5) is 0. The minimum atomic E-state index is 1.14. The van der Waals surface area contributed by atoms with E-state index in [4.69, 9.17) is 0 Å². The van der Waals surface area contributed by atoms with E-state index in [1.165, 1.54) is 104 Å². The highest BCUT2D eigenvalue weighted by atomic mass is 15.0. The molecule has 58 heavy (non-hydrogen) atoms. The zero-order chi connectivity index (χ0) is 38.2. The second-order valence-electron chi connectivity index (χ2n) is 15.3. The van der Waals surface area contributed by atoms with Crippen molar-refractivity contribution < 1.29 is 0 Å². The van der Waals surface area contributed by atoms with Gasteiger partial charge in [-0.25, -0.2) is 0 Å². The van der Waals surface area contributed by atoms with Crippen LogP contribution in [0.5, 0.6) is 0 Å². The van der Waals surface area contributed by atoms with E-state index in [2.05, 4.69) is 228 Å². The van der Waals surface area contributed by atoms with Crippen molar-refractivity contribution in [3.8, 4) is 44.8 Å². The van der Waals surface area contributed by atoms with Crippen molar-refractivity contribution in [2.75, 3.05) is 0 Å². The van der Waals surface area contributed by atoms with Crippen molar-refractivity contribution in [3.05, 3.63) is 218 Å². The quantitative estimate of drug-likeness (QED) is 0.167. The lowest BCUT2D eigenvalue weighted by Gasteiger charge is -2.16. The minimum Gasteiger partial charge on any atom is -0.309 e. The lowest BCUT2D eigenvalue weighted by Crippen LogP contribution is -1.96. The van der Waals surface area contributed by atoms with Crippen molar-refractivity contribution in [1.82, 2.24) is 9.13 Å². The normalized spacial score (nSPS) is 11.8. The van der Waals surface area contributed by atoms with Gasteiger partial charge in [0.1, 0.15) is 0 Å². The van der Waals surface area contributed by atoms with E-state index in [0.29, 0.717) is 0 Å². The van der Waals surface area contributed by atoms with Crippen molar-refractivity contribution >= 4 is 65.2 Å². The summed E-state index contributed by atoms with van der Waals surface area (Å²) >= 11 is 0. The van der Waals surface area contributed by atoms with E-state index >= 15 is 0 Å². The van der Waals surface area contributed by atoms with Gasteiger partial charge in [-0.3, -0.25) is 0 Å². The first kappa shape index (κ1) is 32.6. The number of hydrogen-bond acceptors (Lipinski definition) is 0. The molecule has 0 aliphatic rings. The zero-order valence-electron chi connectivity index (χ0n) is 31.7. The van der Waals surface area contributed by atoms with Crippen LogP contribution < -0.4 is 0 Å². The summed E-state index contributed by atoms with van der Waals surface area (Å²) in [5, 5.41) is 9.97. The lowest BCUT2D eigenvalue weighted by molar-refractivity contribution is 1.18. The Bertz CT molecular complexity index is 3460. The fraction of sp³-hybridized carbons (Fsp3) is 0. The Morgan fingerprint density at radius 2 is 0.638 bits per heavy atom. The summed E-state index contributed by atoms with van der Waals surface area (Å²) in [5.74, 6) is 0. The van der Waals surface area contributed by atoms with E-state index in [1.807, 2.05) is 0 Å². The molecular formula is C56H36N2. The number of hydrogen-bond donors (Lipinski definition) is 0. The third-order valence-electron chi connectivity index (χ3n) is 12.1. The van der Waals surface area contributed by atoms with Crippen LogP contribution in [0, 0.1) is 0 Å². The van der Waals surface area contributed by atoms with Crippen LogP contribution in [0.2, 0.25) is 0 Å². The summed E-state index contributed by atoms with van der Waals surface area (Å²) in [6, 6.07) is 80.1. The fourth-order valence-electron chi connectivity index (χ4n) is 9.44. The first-order chi connectivity index (χ1) is 28.8. The molecule has 0 aliphatic carbocycles. The molecule has 0 radical (unpaired) electrons. The molecule has 2 heterocycles. The van der Waals surface area contributed by atoms with Gasteiger partial charge >= 0.3 is 0 Å². The molecule has 2 aromatic heterocycles. The second-order valence-corrected chi connectivity index (χ2v) is 15.3. The van der Waals surface area contributed by atoms with Gasteiger partial charge in [0.15, 0.2) is 0 Å². The summed E-state index contributed by atoms with van der Waals surface area (Å²) in [7, 11) is 0. The van der Waals surface area contributed by atoms with Crippen LogP contribution in [0.15, 0.2) is 218 Å². The molecule has 0 saturated heterocycles. The highest BCUT2D eigenvalue weighted by Crippen LogP contribution is 2.41. The van der Waals surface area contributed by atoms with Gasteiger partial charge in [0.05, 0.1) is 22.1 Å². The molecule has 270 valence electrons. The van der Waals surface area contributed by atoms with Crippen LogP contribution in [-0.2, 0) is 0 Å². The molecule has 0 fully saturated rings. The Kier molecular flexibility index (Phi) is 7.26. The van der Waals surface area contributed by atoms with E-state index < -0.39 is 0 Å². The first-order valence-electron chi connectivity index (χ1n) is 20.0. The number of para-hydroxylation sites is 3. The third kappa shape index (κ3) is 5.05. The van der Waals surface area contributed by atoms with E-state index in [1.54, 1.807) is 0 Å².